The number of halogens is 2. The lowest BCUT2D eigenvalue weighted by molar-refractivity contribution is -0.141. The van der Waals surface area contributed by atoms with Crippen LogP contribution in [0.3, 0.4) is 0 Å². The molecule has 0 spiro atoms. The van der Waals surface area contributed by atoms with E-state index in [1.807, 2.05) is 12.2 Å². The molecule has 3 heterocycles. The van der Waals surface area contributed by atoms with Crippen LogP contribution in [0.4, 0.5) is 8.78 Å². The number of aromatic nitrogens is 2. The predicted molar refractivity (Wildman–Crippen MR) is 188 cm³/mol. The molecule has 2 aliphatic carbocycles. The molecular weight excluding hydrogens is 711 g/mol. The van der Waals surface area contributed by atoms with Gasteiger partial charge in [-0.3, -0.25) is 23.9 Å². The van der Waals surface area contributed by atoms with Gasteiger partial charge in [-0.2, -0.15) is 0 Å². The van der Waals surface area contributed by atoms with Crippen LogP contribution < -0.4 is 20.1 Å². The van der Waals surface area contributed by atoms with Crippen LogP contribution >= 0.6 is 0 Å². The van der Waals surface area contributed by atoms with Crippen molar-refractivity contribution >= 4 is 44.7 Å². The number of aryl methyl sites for hydroxylation is 1. The van der Waals surface area contributed by atoms with Gasteiger partial charge in [0, 0.05) is 12.3 Å². The summed E-state index contributed by atoms with van der Waals surface area (Å²) in [7, 11) is -3.93. The first-order valence-electron chi connectivity index (χ1n) is 17.9. The summed E-state index contributed by atoms with van der Waals surface area (Å²) in [5.41, 5.74) is -1.17. The summed E-state index contributed by atoms with van der Waals surface area (Å²) in [6.07, 6.45) is 6.56. The van der Waals surface area contributed by atoms with E-state index in [1.54, 1.807) is 13.0 Å². The summed E-state index contributed by atoms with van der Waals surface area (Å²) in [4.78, 5) is 65.7. The van der Waals surface area contributed by atoms with Gasteiger partial charge in [0.2, 0.25) is 27.7 Å². The normalized spacial score (nSPS) is 26.4. The Kier molecular flexibility index (Phi) is 9.91. The van der Waals surface area contributed by atoms with Gasteiger partial charge in [0.1, 0.15) is 40.8 Å². The maximum absolute atomic E-state index is 14.7. The molecule has 0 bridgehead atoms. The van der Waals surface area contributed by atoms with Crippen molar-refractivity contribution in [3.63, 3.8) is 0 Å². The Bertz CT molecular complexity index is 2110. The summed E-state index contributed by atoms with van der Waals surface area (Å²) in [5.74, 6) is -4.84. The number of hydrogen-bond acceptors (Lipinski definition) is 9. The van der Waals surface area contributed by atoms with Gasteiger partial charge in [0.25, 0.3) is 11.8 Å². The van der Waals surface area contributed by atoms with E-state index in [9.17, 15) is 36.4 Å². The SMILES string of the molecule is Cc1nc2cccc(F)c2nc1O[C@@H]1C[C@H]2C(=O)N[C@]3(C(=O)NS(=O)(=O)C4CC4)C[C@H]3C=CCCCCC[C@H](NC(=O)c3ccccc3F)C(=O)N2C1. The Morgan fingerprint density at radius 2 is 1.77 bits per heavy atom. The fourth-order valence-corrected chi connectivity index (χ4v) is 8.48. The second kappa shape index (κ2) is 14.4. The topological polar surface area (TPSA) is 177 Å². The second-order valence-corrected chi connectivity index (χ2v) is 16.2. The number of ether oxygens (including phenoxy) is 1. The van der Waals surface area contributed by atoms with Gasteiger partial charge in [0.15, 0.2) is 5.82 Å². The molecule has 2 saturated carbocycles. The summed E-state index contributed by atoms with van der Waals surface area (Å²) in [5, 5.41) is 4.81. The molecule has 53 heavy (non-hydrogen) atoms. The second-order valence-electron chi connectivity index (χ2n) is 14.2. The number of para-hydroxylation sites is 1. The standard InChI is InChI=1S/C37H40F2N6O7S/c1-21-34(42-31-27(39)13-9-15-28(31)40-21)52-23-18-30-33(47)43-37(36(49)44-53(50,51)24-16-17-24)19-22(37)10-5-3-2-4-6-14-29(35(48)45(30)20-23)41-32(46)25-11-7-8-12-26(25)38/h5,7-13,15,22-24,29-30H,2-4,6,14,16-20H2,1H3,(H,41,46)(H,43,47)(H,44,49)/t22-,23-,29+,30+,37-/m1/s1. The van der Waals surface area contributed by atoms with Gasteiger partial charge in [0.05, 0.1) is 22.9 Å². The molecule has 7 rings (SSSR count). The summed E-state index contributed by atoms with van der Waals surface area (Å²) in [6.45, 7) is 1.48. The Hall–Kier alpha value is -4.99. The highest BCUT2D eigenvalue weighted by molar-refractivity contribution is 7.91. The number of sulfonamides is 1. The molecule has 16 heteroatoms. The first-order valence-corrected chi connectivity index (χ1v) is 19.4. The molecule has 4 aliphatic rings. The van der Waals surface area contributed by atoms with E-state index in [0.29, 0.717) is 43.3 Å². The van der Waals surface area contributed by atoms with Crippen molar-refractivity contribution in [3.8, 4) is 5.88 Å². The van der Waals surface area contributed by atoms with Crippen molar-refractivity contribution in [1.82, 2.24) is 30.2 Å². The van der Waals surface area contributed by atoms with Crippen LogP contribution in [0.25, 0.3) is 11.0 Å². The van der Waals surface area contributed by atoms with Gasteiger partial charge in [-0.15, -0.1) is 0 Å². The third-order valence-corrected chi connectivity index (χ3v) is 12.1. The summed E-state index contributed by atoms with van der Waals surface area (Å²) < 4.78 is 63.2. The zero-order chi connectivity index (χ0) is 37.5. The maximum atomic E-state index is 14.7. The first kappa shape index (κ1) is 36.4. The van der Waals surface area contributed by atoms with E-state index >= 15 is 0 Å². The minimum absolute atomic E-state index is 0.00105. The zero-order valence-corrected chi connectivity index (χ0v) is 29.8. The number of amides is 4. The lowest BCUT2D eigenvalue weighted by atomic mass is 10.0. The smallest absolute Gasteiger partial charge is 0.259 e. The molecular formula is C37H40F2N6O7S. The molecule has 1 aromatic heterocycles. The quantitative estimate of drug-likeness (QED) is 0.306. The van der Waals surface area contributed by atoms with Crippen LogP contribution in [0.1, 0.15) is 73.8 Å². The van der Waals surface area contributed by atoms with E-state index in [-0.39, 0.29) is 42.8 Å². The Morgan fingerprint density at radius 1 is 1.00 bits per heavy atom. The largest absolute Gasteiger partial charge is 0.471 e. The summed E-state index contributed by atoms with van der Waals surface area (Å²) in [6, 6.07) is 7.36. The number of carbonyl (C=O) groups is 4. The summed E-state index contributed by atoms with van der Waals surface area (Å²) >= 11 is 0. The Morgan fingerprint density at radius 3 is 2.55 bits per heavy atom. The number of nitrogens with one attached hydrogen (secondary N) is 3. The van der Waals surface area contributed by atoms with E-state index in [0.717, 1.165) is 12.5 Å². The first-order chi connectivity index (χ1) is 25.4. The maximum Gasteiger partial charge on any atom is 0.259 e. The van der Waals surface area contributed by atoms with Crippen LogP contribution in [0.2, 0.25) is 0 Å². The van der Waals surface area contributed by atoms with Crippen LogP contribution in [-0.4, -0.2) is 82.4 Å². The lowest BCUT2D eigenvalue weighted by Crippen LogP contribution is -2.58. The average molecular weight is 751 g/mol. The van der Waals surface area contributed by atoms with Crippen molar-refractivity contribution in [2.24, 2.45) is 5.92 Å². The highest BCUT2D eigenvalue weighted by Crippen LogP contribution is 2.46. The number of rotatable bonds is 7. The lowest BCUT2D eigenvalue weighted by Gasteiger charge is -2.30. The molecule has 13 nitrogen and oxygen atoms in total. The van der Waals surface area contributed by atoms with Crippen LogP contribution in [0.15, 0.2) is 54.6 Å². The zero-order valence-electron chi connectivity index (χ0n) is 29.0. The molecule has 5 atom stereocenters. The van der Waals surface area contributed by atoms with Gasteiger partial charge in [-0.1, -0.05) is 43.2 Å². The molecule has 0 radical (unpaired) electrons. The molecule has 2 aliphatic heterocycles. The Balaban J connectivity index is 1.20. The van der Waals surface area contributed by atoms with Crippen LogP contribution in [-0.2, 0) is 24.4 Å². The van der Waals surface area contributed by atoms with Crippen LogP contribution in [0.5, 0.6) is 5.88 Å². The highest BCUT2D eigenvalue weighted by atomic mass is 32.2. The van der Waals surface area contributed by atoms with Crippen molar-refractivity contribution < 1.29 is 41.1 Å². The van der Waals surface area contributed by atoms with E-state index in [4.69, 9.17) is 4.74 Å². The van der Waals surface area contributed by atoms with Crippen molar-refractivity contribution in [2.45, 2.75) is 93.7 Å². The molecule has 3 N–H and O–H groups in total. The molecule has 280 valence electrons. The minimum Gasteiger partial charge on any atom is -0.471 e. The number of carbonyl (C=O) groups excluding carboxylic acids is 4. The Labute approximate surface area is 305 Å². The van der Waals surface area contributed by atoms with Crippen molar-refractivity contribution in [3.05, 3.63) is 77.5 Å². The van der Waals surface area contributed by atoms with E-state index in [2.05, 4.69) is 25.3 Å². The average Bonchev–Trinajstić information content (AvgIpc) is 4.04. The molecule has 2 aromatic carbocycles. The minimum atomic E-state index is -3.93. The number of fused-ring (bicyclic) bond motifs is 3. The van der Waals surface area contributed by atoms with Crippen molar-refractivity contribution in [2.75, 3.05) is 6.54 Å². The molecule has 4 amide bonds. The highest BCUT2D eigenvalue weighted by Gasteiger charge is 2.62. The fraction of sp³-hybridized carbons (Fsp3) is 0.459. The number of allylic oxidation sites excluding steroid dienone is 1. The predicted octanol–water partition coefficient (Wildman–Crippen LogP) is 3.37. The molecule has 3 fully saturated rings. The van der Waals surface area contributed by atoms with Gasteiger partial charge >= 0.3 is 0 Å². The van der Waals surface area contributed by atoms with Gasteiger partial charge in [-0.25, -0.2) is 27.2 Å². The van der Waals surface area contributed by atoms with Gasteiger partial charge in [-0.05, 0) is 69.7 Å². The van der Waals surface area contributed by atoms with Gasteiger partial charge < -0.3 is 20.3 Å². The number of hydrogen-bond donors (Lipinski definition) is 3. The monoisotopic (exact) mass is 750 g/mol. The molecule has 0 unspecified atom stereocenters. The third kappa shape index (κ3) is 7.59. The van der Waals surface area contributed by atoms with E-state index in [1.165, 1.54) is 35.2 Å². The third-order valence-electron chi connectivity index (χ3n) is 10.3. The molecule has 3 aromatic rings. The fourth-order valence-electron chi connectivity index (χ4n) is 7.11. The van der Waals surface area contributed by atoms with E-state index < -0.39 is 80.2 Å². The molecule has 1 saturated heterocycles. The number of nitrogens with zero attached hydrogens (tertiary/aromatic N) is 3. The van der Waals surface area contributed by atoms with Crippen molar-refractivity contribution in [1.29, 1.82) is 0 Å². The van der Waals surface area contributed by atoms with Crippen LogP contribution in [0, 0.1) is 24.5 Å². The number of benzene rings is 2.